The minimum Gasteiger partial charge on any atom is -0.307 e. The maximum atomic E-state index is 14.1. The quantitative estimate of drug-likeness (QED) is 0.840. The summed E-state index contributed by atoms with van der Waals surface area (Å²) in [6, 6.07) is 3.95. The Kier molecular flexibility index (Phi) is 4.00. The first-order valence-corrected chi connectivity index (χ1v) is 6.77. The summed E-state index contributed by atoms with van der Waals surface area (Å²) in [6.07, 6.45) is 4.29. The zero-order chi connectivity index (χ0) is 13.2. The van der Waals surface area contributed by atoms with Gasteiger partial charge in [-0.05, 0) is 31.4 Å². The molecule has 0 aliphatic carbocycles. The number of nitrogens with one attached hydrogen (secondary N) is 1. The van der Waals surface area contributed by atoms with Crippen molar-refractivity contribution in [1.82, 2.24) is 5.32 Å². The molecule has 0 aromatic heterocycles. The monoisotopic (exact) mass is 253 g/mol. The van der Waals surface area contributed by atoms with Crippen LogP contribution in [0, 0.1) is 17.6 Å². The van der Waals surface area contributed by atoms with Crippen molar-refractivity contribution in [2.24, 2.45) is 5.92 Å². The maximum Gasteiger partial charge on any atom is 0.131 e. The average molecular weight is 253 g/mol. The third kappa shape index (κ3) is 2.41. The van der Waals surface area contributed by atoms with Gasteiger partial charge < -0.3 is 5.32 Å². The first-order valence-electron chi connectivity index (χ1n) is 6.77. The number of halogens is 2. The Morgan fingerprint density at radius 3 is 2.61 bits per heavy atom. The third-order valence-electron chi connectivity index (χ3n) is 4.09. The van der Waals surface area contributed by atoms with E-state index in [1.165, 1.54) is 12.5 Å². The molecule has 1 heterocycles. The summed E-state index contributed by atoms with van der Waals surface area (Å²) in [7, 11) is 0. The Morgan fingerprint density at radius 1 is 1.17 bits per heavy atom. The van der Waals surface area contributed by atoms with E-state index in [9.17, 15) is 8.78 Å². The molecule has 1 saturated heterocycles. The smallest absolute Gasteiger partial charge is 0.131 e. The average Bonchev–Trinajstić information content (AvgIpc) is 2.55. The van der Waals surface area contributed by atoms with Gasteiger partial charge in [0.15, 0.2) is 0 Å². The summed E-state index contributed by atoms with van der Waals surface area (Å²) in [6.45, 7) is 5.09. The summed E-state index contributed by atoms with van der Waals surface area (Å²) in [5.74, 6) is -0.669. The highest BCUT2D eigenvalue weighted by Gasteiger charge is 2.37. The van der Waals surface area contributed by atoms with E-state index in [0.717, 1.165) is 31.9 Å². The van der Waals surface area contributed by atoms with Gasteiger partial charge in [0.05, 0.1) is 0 Å². The third-order valence-corrected chi connectivity index (χ3v) is 4.09. The Labute approximate surface area is 108 Å². The van der Waals surface area contributed by atoms with Gasteiger partial charge in [0.25, 0.3) is 0 Å². The standard InChI is InChI=1S/C15H21F2N/c1-11(2)15(8-4-3-5-9-18-15)13-7-6-12(16)10-14(13)17/h6-7,10-11,18H,3-5,8-9H2,1-2H3. The molecule has 1 aliphatic rings. The van der Waals surface area contributed by atoms with Gasteiger partial charge in [-0.25, -0.2) is 8.78 Å². The van der Waals surface area contributed by atoms with E-state index in [1.54, 1.807) is 6.07 Å². The summed E-state index contributed by atoms with van der Waals surface area (Å²) < 4.78 is 27.2. The van der Waals surface area contributed by atoms with Crippen molar-refractivity contribution >= 4 is 0 Å². The van der Waals surface area contributed by atoms with E-state index in [2.05, 4.69) is 19.2 Å². The van der Waals surface area contributed by atoms with Crippen LogP contribution in [0.1, 0.15) is 45.1 Å². The molecule has 18 heavy (non-hydrogen) atoms. The lowest BCUT2D eigenvalue weighted by atomic mass is 9.76. The van der Waals surface area contributed by atoms with Gasteiger partial charge in [0.1, 0.15) is 11.6 Å². The molecule has 2 rings (SSSR count). The normalized spacial score (nSPS) is 25.2. The van der Waals surface area contributed by atoms with Crippen LogP contribution in [-0.2, 0) is 5.54 Å². The number of benzene rings is 1. The Balaban J connectivity index is 2.45. The highest BCUT2D eigenvalue weighted by Crippen LogP contribution is 2.38. The van der Waals surface area contributed by atoms with Crippen molar-refractivity contribution in [3.63, 3.8) is 0 Å². The molecule has 1 aromatic rings. The molecule has 0 radical (unpaired) electrons. The van der Waals surface area contributed by atoms with Gasteiger partial charge in [-0.1, -0.05) is 32.8 Å². The molecule has 0 spiro atoms. The zero-order valence-electron chi connectivity index (χ0n) is 11.1. The van der Waals surface area contributed by atoms with Crippen LogP contribution in [-0.4, -0.2) is 6.54 Å². The molecule has 1 atom stereocenters. The molecule has 1 unspecified atom stereocenters. The summed E-state index contributed by atoms with van der Waals surface area (Å²) in [5.41, 5.74) is 0.259. The number of hydrogen-bond acceptors (Lipinski definition) is 1. The number of rotatable bonds is 2. The molecule has 100 valence electrons. The highest BCUT2D eigenvalue weighted by molar-refractivity contribution is 5.28. The fraction of sp³-hybridized carbons (Fsp3) is 0.600. The van der Waals surface area contributed by atoms with Gasteiger partial charge in [0.2, 0.25) is 0 Å². The van der Waals surface area contributed by atoms with Crippen LogP contribution in [0.25, 0.3) is 0 Å². The second-order valence-electron chi connectivity index (χ2n) is 5.49. The molecule has 1 aliphatic heterocycles. The lowest BCUT2D eigenvalue weighted by Gasteiger charge is -2.38. The van der Waals surface area contributed by atoms with Gasteiger partial charge in [0, 0.05) is 17.2 Å². The van der Waals surface area contributed by atoms with Crippen molar-refractivity contribution in [3.8, 4) is 0 Å². The van der Waals surface area contributed by atoms with Crippen molar-refractivity contribution < 1.29 is 8.78 Å². The van der Waals surface area contributed by atoms with Gasteiger partial charge in [-0.15, -0.1) is 0 Å². The highest BCUT2D eigenvalue weighted by atomic mass is 19.1. The summed E-state index contributed by atoms with van der Waals surface area (Å²) >= 11 is 0. The van der Waals surface area contributed by atoms with Crippen molar-refractivity contribution in [3.05, 3.63) is 35.4 Å². The zero-order valence-corrected chi connectivity index (χ0v) is 11.1. The largest absolute Gasteiger partial charge is 0.307 e. The minimum absolute atomic E-state index is 0.274. The SMILES string of the molecule is CC(C)C1(c2ccc(F)cc2F)CCCCCN1. The lowest BCUT2D eigenvalue weighted by molar-refractivity contribution is 0.222. The lowest BCUT2D eigenvalue weighted by Crippen LogP contribution is -2.46. The maximum absolute atomic E-state index is 14.1. The van der Waals surface area contributed by atoms with Crippen molar-refractivity contribution in [2.75, 3.05) is 6.54 Å². The van der Waals surface area contributed by atoms with E-state index >= 15 is 0 Å². The molecular weight excluding hydrogens is 232 g/mol. The molecule has 1 nitrogen and oxygen atoms in total. The van der Waals surface area contributed by atoms with Gasteiger partial charge >= 0.3 is 0 Å². The summed E-state index contributed by atoms with van der Waals surface area (Å²) in [5, 5.41) is 3.51. The van der Waals surface area contributed by atoms with Crippen LogP contribution in [0.5, 0.6) is 0 Å². The predicted molar refractivity (Wildman–Crippen MR) is 69.3 cm³/mol. The Hall–Kier alpha value is -0.960. The molecule has 0 amide bonds. The molecule has 0 bridgehead atoms. The van der Waals surface area contributed by atoms with E-state index < -0.39 is 11.6 Å². The topological polar surface area (TPSA) is 12.0 Å². The fourth-order valence-electron chi connectivity index (χ4n) is 2.99. The van der Waals surface area contributed by atoms with Crippen LogP contribution in [0.15, 0.2) is 18.2 Å². The predicted octanol–water partition coefficient (Wildman–Crippen LogP) is 3.98. The van der Waals surface area contributed by atoms with E-state index in [-0.39, 0.29) is 11.5 Å². The first-order chi connectivity index (χ1) is 8.56. The molecule has 1 fully saturated rings. The van der Waals surface area contributed by atoms with E-state index in [1.807, 2.05) is 0 Å². The van der Waals surface area contributed by atoms with Gasteiger partial charge in [-0.2, -0.15) is 0 Å². The Morgan fingerprint density at radius 2 is 1.94 bits per heavy atom. The number of hydrogen-bond donors (Lipinski definition) is 1. The van der Waals surface area contributed by atoms with Crippen molar-refractivity contribution in [1.29, 1.82) is 0 Å². The van der Waals surface area contributed by atoms with E-state index in [0.29, 0.717) is 5.56 Å². The van der Waals surface area contributed by atoms with E-state index in [4.69, 9.17) is 0 Å². The second kappa shape index (κ2) is 5.35. The molecule has 0 saturated carbocycles. The minimum atomic E-state index is -0.510. The van der Waals surface area contributed by atoms with Crippen LogP contribution in [0.3, 0.4) is 0 Å². The van der Waals surface area contributed by atoms with Gasteiger partial charge in [-0.3, -0.25) is 0 Å². The van der Waals surface area contributed by atoms with Crippen LogP contribution in [0.2, 0.25) is 0 Å². The fourth-order valence-corrected chi connectivity index (χ4v) is 2.99. The molecule has 1 aromatic carbocycles. The first kappa shape index (κ1) is 13.5. The molecule has 3 heteroatoms. The summed E-state index contributed by atoms with van der Waals surface area (Å²) in [4.78, 5) is 0. The Bertz CT molecular complexity index is 407. The van der Waals surface area contributed by atoms with Crippen LogP contribution >= 0.6 is 0 Å². The molecule has 1 N–H and O–H groups in total. The second-order valence-corrected chi connectivity index (χ2v) is 5.49. The van der Waals surface area contributed by atoms with Crippen molar-refractivity contribution in [2.45, 2.75) is 45.1 Å². The molecular formula is C15H21F2N. The van der Waals surface area contributed by atoms with Crippen LogP contribution in [0.4, 0.5) is 8.78 Å². The van der Waals surface area contributed by atoms with Crippen LogP contribution < -0.4 is 5.32 Å².